The van der Waals surface area contributed by atoms with Crippen LogP contribution in [0.4, 0.5) is 0 Å². The summed E-state index contributed by atoms with van der Waals surface area (Å²) in [6.45, 7) is 0. The van der Waals surface area contributed by atoms with Crippen LogP contribution in [0, 0.1) is 0 Å². The highest BCUT2D eigenvalue weighted by molar-refractivity contribution is 7.89. The highest BCUT2D eigenvalue weighted by Crippen LogP contribution is 2.17. The van der Waals surface area contributed by atoms with E-state index in [0.29, 0.717) is 5.75 Å². The zero-order valence-electron chi connectivity index (χ0n) is 15.2. The molecule has 1 aliphatic carbocycles. The Kier molecular flexibility index (Phi) is 8.25. The van der Waals surface area contributed by atoms with Crippen LogP contribution in [0.3, 0.4) is 0 Å². The number of hydrogen-bond acceptors (Lipinski definition) is 4. The molecule has 1 aromatic rings. The molecule has 0 saturated heterocycles. The van der Waals surface area contributed by atoms with E-state index in [1.807, 2.05) is 0 Å². The quantitative estimate of drug-likeness (QED) is 0.790. The summed E-state index contributed by atoms with van der Waals surface area (Å²) in [6.07, 6.45) is 12.8. The molecule has 1 saturated carbocycles. The maximum absolute atomic E-state index is 12.4. The largest absolute Gasteiger partial charge is 0.497 e. The van der Waals surface area contributed by atoms with Crippen molar-refractivity contribution in [3.8, 4) is 5.75 Å². The third-order valence-corrected chi connectivity index (χ3v) is 5.85. The molecule has 25 heavy (non-hydrogen) atoms. The molecule has 6 heteroatoms. The minimum absolute atomic E-state index is 0.200. The maximum atomic E-state index is 12.4. The number of hydrogen-bond donors (Lipinski definition) is 1. The highest BCUT2D eigenvalue weighted by Gasteiger charge is 2.13. The van der Waals surface area contributed by atoms with Crippen LogP contribution in [0.1, 0.15) is 70.6 Å². The molecule has 0 aliphatic heterocycles. The molecule has 2 rings (SSSR count). The molecule has 0 aromatic heterocycles. The molecule has 0 atom stereocenters. The number of rotatable bonds is 4. The van der Waals surface area contributed by atoms with Gasteiger partial charge >= 0.3 is 0 Å². The summed E-state index contributed by atoms with van der Waals surface area (Å²) in [7, 11) is -2.08. The van der Waals surface area contributed by atoms with Crippen LogP contribution in [0.2, 0.25) is 0 Å². The summed E-state index contributed by atoms with van der Waals surface area (Å²) in [5, 5.41) is 4.25. The number of sulfonamides is 1. The second-order valence-electron chi connectivity index (χ2n) is 6.63. The fourth-order valence-electron chi connectivity index (χ4n) is 3.06. The highest BCUT2D eigenvalue weighted by atomic mass is 32.2. The number of nitrogens with zero attached hydrogens (tertiary/aromatic N) is 1. The molecular formula is C19H30N2O3S. The van der Waals surface area contributed by atoms with E-state index < -0.39 is 10.0 Å². The lowest BCUT2D eigenvalue weighted by Gasteiger charge is -2.10. The van der Waals surface area contributed by atoms with Crippen LogP contribution < -0.4 is 9.57 Å². The van der Waals surface area contributed by atoms with Crippen LogP contribution in [-0.2, 0) is 10.0 Å². The van der Waals surface area contributed by atoms with E-state index in [1.165, 1.54) is 57.1 Å². The van der Waals surface area contributed by atoms with Gasteiger partial charge in [0, 0.05) is 5.71 Å². The third kappa shape index (κ3) is 7.06. The molecule has 1 fully saturated rings. The number of benzene rings is 1. The van der Waals surface area contributed by atoms with E-state index in [0.717, 1.165) is 31.4 Å². The van der Waals surface area contributed by atoms with Gasteiger partial charge in [0.15, 0.2) is 0 Å². The topological polar surface area (TPSA) is 67.8 Å². The molecule has 1 aliphatic rings. The monoisotopic (exact) mass is 366 g/mol. The Labute approximate surface area is 151 Å². The summed E-state index contributed by atoms with van der Waals surface area (Å²) < 4.78 is 29.8. The van der Waals surface area contributed by atoms with Gasteiger partial charge in [0.2, 0.25) is 0 Å². The Hall–Kier alpha value is -1.56. The Bertz CT molecular complexity index is 625. The normalized spacial score (nSPS) is 17.9. The van der Waals surface area contributed by atoms with Crippen LogP contribution in [-0.4, -0.2) is 21.2 Å². The van der Waals surface area contributed by atoms with Gasteiger partial charge in [0.25, 0.3) is 10.0 Å². The van der Waals surface area contributed by atoms with Crippen LogP contribution in [0.5, 0.6) is 5.75 Å². The summed E-state index contributed by atoms with van der Waals surface area (Å²) in [6, 6.07) is 6.33. The molecule has 0 bridgehead atoms. The number of hydrazone groups is 1. The first-order valence-corrected chi connectivity index (χ1v) is 10.8. The fourth-order valence-corrected chi connectivity index (χ4v) is 3.91. The Morgan fingerprint density at radius 2 is 1.32 bits per heavy atom. The van der Waals surface area contributed by atoms with Crippen molar-refractivity contribution < 1.29 is 13.2 Å². The van der Waals surface area contributed by atoms with Crippen molar-refractivity contribution >= 4 is 15.7 Å². The molecule has 1 N–H and O–H groups in total. The predicted octanol–water partition coefficient (Wildman–Crippen LogP) is 4.63. The van der Waals surface area contributed by atoms with Gasteiger partial charge in [-0.2, -0.15) is 13.5 Å². The zero-order valence-corrected chi connectivity index (χ0v) is 16.0. The Morgan fingerprint density at radius 1 is 0.840 bits per heavy atom. The Balaban J connectivity index is 1.99. The van der Waals surface area contributed by atoms with Crippen LogP contribution in [0.25, 0.3) is 0 Å². The lowest BCUT2D eigenvalue weighted by Crippen LogP contribution is -2.20. The average Bonchev–Trinajstić information content (AvgIpc) is 2.61. The predicted molar refractivity (Wildman–Crippen MR) is 102 cm³/mol. The summed E-state index contributed by atoms with van der Waals surface area (Å²) >= 11 is 0. The van der Waals surface area contributed by atoms with Crippen molar-refractivity contribution in [3.63, 3.8) is 0 Å². The molecule has 0 unspecified atom stereocenters. The lowest BCUT2D eigenvalue weighted by atomic mass is 10.00. The second kappa shape index (κ2) is 10.4. The first-order valence-electron chi connectivity index (χ1n) is 9.33. The molecule has 0 heterocycles. The van der Waals surface area contributed by atoms with Crippen LogP contribution >= 0.6 is 0 Å². The van der Waals surface area contributed by atoms with E-state index >= 15 is 0 Å². The SMILES string of the molecule is COc1ccc(S(=O)(=O)NN=C2CCCCCCCCCCC2)cc1. The van der Waals surface area contributed by atoms with Gasteiger partial charge in [0.1, 0.15) is 5.75 Å². The van der Waals surface area contributed by atoms with Crippen molar-refractivity contribution in [3.05, 3.63) is 24.3 Å². The first-order chi connectivity index (χ1) is 12.1. The minimum atomic E-state index is -3.63. The van der Waals surface area contributed by atoms with Gasteiger partial charge in [0.05, 0.1) is 12.0 Å². The molecule has 140 valence electrons. The van der Waals surface area contributed by atoms with Crippen molar-refractivity contribution in [2.45, 2.75) is 75.5 Å². The summed E-state index contributed by atoms with van der Waals surface area (Å²) in [5.41, 5.74) is 0.970. The molecule has 0 radical (unpaired) electrons. The van der Waals surface area contributed by atoms with Gasteiger partial charge in [-0.15, -0.1) is 0 Å². The van der Waals surface area contributed by atoms with E-state index in [1.54, 1.807) is 19.2 Å². The molecule has 0 spiro atoms. The number of nitrogens with one attached hydrogen (secondary N) is 1. The smallest absolute Gasteiger partial charge is 0.276 e. The van der Waals surface area contributed by atoms with E-state index in [-0.39, 0.29) is 4.90 Å². The van der Waals surface area contributed by atoms with Gasteiger partial charge in [-0.05, 0) is 49.9 Å². The van der Waals surface area contributed by atoms with Crippen molar-refractivity contribution in [1.82, 2.24) is 4.83 Å². The molecular weight excluding hydrogens is 336 g/mol. The molecule has 5 nitrogen and oxygen atoms in total. The number of methoxy groups -OCH3 is 1. The van der Waals surface area contributed by atoms with Crippen molar-refractivity contribution in [2.75, 3.05) is 7.11 Å². The Morgan fingerprint density at radius 3 is 1.80 bits per heavy atom. The van der Waals surface area contributed by atoms with Crippen LogP contribution in [0.15, 0.2) is 34.3 Å². The maximum Gasteiger partial charge on any atom is 0.276 e. The van der Waals surface area contributed by atoms with Crippen molar-refractivity contribution in [2.24, 2.45) is 5.10 Å². The standard InChI is InChI=1S/C19H30N2O3S/c1-24-18-13-15-19(16-14-18)25(22,23)21-20-17-11-9-7-5-3-2-4-6-8-10-12-17/h13-16,21H,2-12H2,1H3. The van der Waals surface area contributed by atoms with E-state index in [2.05, 4.69) is 9.93 Å². The van der Waals surface area contributed by atoms with E-state index in [4.69, 9.17) is 4.74 Å². The minimum Gasteiger partial charge on any atom is -0.497 e. The first kappa shape index (κ1) is 19.8. The van der Waals surface area contributed by atoms with Gasteiger partial charge < -0.3 is 4.74 Å². The summed E-state index contributed by atoms with van der Waals surface area (Å²) in [4.78, 5) is 2.61. The number of ether oxygens (including phenoxy) is 1. The second-order valence-corrected chi connectivity index (χ2v) is 8.29. The molecule has 1 aromatic carbocycles. The van der Waals surface area contributed by atoms with Gasteiger partial charge in [-0.3, -0.25) is 0 Å². The average molecular weight is 367 g/mol. The van der Waals surface area contributed by atoms with Gasteiger partial charge in [-0.25, -0.2) is 4.83 Å². The lowest BCUT2D eigenvalue weighted by molar-refractivity contribution is 0.414. The van der Waals surface area contributed by atoms with E-state index in [9.17, 15) is 8.42 Å². The van der Waals surface area contributed by atoms with Gasteiger partial charge in [-0.1, -0.05) is 44.9 Å². The fraction of sp³-hybridized carbons (Fsp3) is 0.632. The third-order valence-electron chi connectivity index (χ3n) is 4.62. The zero-order chi connectivity index (χ0) is 18.0. The van der Waals surface area contributed by atoms with Crippen molar-refractivity contribution in [1.29, 1.82) is 0 Å². The summed E-state index contributed by atoms with van der Waals surface area (Å²) in [5.74, 6) is 0.629. The molecule has 0 amide bonds.